The van der Waals surface area contributed by atoms with Crippen molar-refractivity contribution >= 4 is 35.3 Å². The molecule has 1 aromatic heterocycles. The van der Waals surface area contributed by atoms with Crippen molar-refractivity contribution in [1.82, 2.24) is 20.5 Å². The van der Waals surface area contributed by atoms with Crippen LogP contribution >= 0.6 is 11.6 Å². The van der Waals surface area contributed by atoms with E-state index in [0.717, 1.165) is 32.2 Å². The van der Waals surface area contributed by atoms with E-state index in [2.05, 4.69) is 20.9 Å². The van der Waals surface area contributed by atoms with E-state index in [1.54, 1.807) is 12.1 Å². The van der Waals surface area contributed by atoms with Crippen LogP contribution in [0.2, 0.25) is 5.02 Å². The maximum atomic E-state index is 12.4. The van der Waals surface area contributed by atoms with Crippen LogP contribution < -0.4 is 16.0 Å². The smallest absolute Gasteiger partial charge is 0.321 e. The monoisotopic (exact) mass is 379 g/mol. The molecule has 0 spiro atoms. The number of carbonyl (C=O) groups is 3. The molecule has 3 N–H and O–H groups in total. The van der Waals surface area contributed by atoms with Crippen LogP contribution in [-0.4, -0.2) is 53.4 Å². The highest BCUT2D eigenvalue weighted by atomic mass is 35.5. The first-order valence-corrected chi connectivity index (χ1v) is 9.12. The van der Waals surface area contributed by atoms with Gasteiger partial charge in [-0.25, -0.2) is 9.78 Å². The fourth-order valence-corrected chi connectivity index (χ4v) is 3.02. The van der Waals surface area contributed by atoms with Crippen molar-refractivity contribution in [3.63, 3.8) is 0 Å². The third-order valence-electron chi connectivity index (χ3n) is 4.39. The Morgan fingerprint density at radius 3 is 2.73 bits per heavy atom. The molecule has 0 bridgehead atoms. The summed E-state index contributed by atoms with van der Waals surface area (Å²) < 4.78 is 0. The highest BCUT2D eigenvalue weighted by molar-refractivity contribution is 6.30. The average molecular weight is 380 g/mol. The maximum Gasteiger partial charge on any atom is 0.321 e. The van der Waals surface area contributed by atoms with Crippen LogP contribution in [0.3, 0.4) is 0 Å². The number of nitrogens with one attached hydrogen (secondary N) is 3. The van der Waals surface area contributed by atoms with Crippen molar-refractivity contribution in [2.75, 3.05) is 25.0 Å². The number of pyridine rings is 1. The Labute approximate surface area is 156 Å². The second-order valence-corrected chi connectivity index (χ2v) is 7.16. The van der Waals surface area contributed by atoms with Crippen LogP contribution in [0.25, 0.3) is 0 Å². The van der Waals surface area contributed by atoms with Gasteiger partial charge in [0.1, 0.15) is 5.82 Å². The minimum absolute atomic E-state index is 0.0983. The fraction of sp³-hybridized carbons (Fsp3) is 0.529. The SMILES string of the molecule is O=C(CN1CCCC(C(=O)Nc2ccc(Cl)cn2)C1)NC(=O)NC1CC1. The van der Waals surface area contributed by atoms with Crippen molar-refractivity contribution in [1.29, 1.82) is 0 Å². The topological polar surface area (TPSA) is 103 Å². The summed E-state index contributed by atoms with van der Waals surface area (Å²) in [6, 6.07) is 3.06. The lowest BCUT2D eigenvalue weighted by molar-refractivity contribution is -0.125. The largest absolute Gasteiger partial charge is 0.335 e. The standard InChI is InChI=1S/C17H22ClN5O3/c18-12-3-6-14(19-8-12)21-16(25)11-2-1-7-23(9-11)10-15(24)22-17(26)20-13-4-5-13/h3,6,8,11,13H,1-2,4-5,7,9-10H2,(H,19,21,25)(H2,20,22,24,26). The summed E-state index contributed by atoms with van der Waals surface area (Å²) >= 11 is 5.78. The van der Waals surface area contributed by atoms with E-state index in [1.807, 2.05) is 4.90 Å². The molecule has 140 valence electrons. The Morgan fingerprint density at radius 1 is 1.23 bits per heavy atom. The lowest BCUT2D eigenvalue weighted by Gasteiger charge is -2.31. The van der Waals surface area contributed by atoms with E-state index in [-0.39, 0.29) is 30.3 Å². The summed E-state index contributed by atoms with van der Waals surface area (Å²) in [5, 5.41) is 8.32. The van der Waals surface area contributed by atoms with Gasteiger partial charge in [-0.2, -0.15) is 0 Å². The molecule has 1 unspecified atom stereocenters. The third-order valence-corrected chi connectivity index (χ3v) is 4.61. The zero-order valence-corrected chi connectivity index (χ0v) is 15.1. The van der Waals surface area contributed by atoms with Crippen molar-refractivity contribution in [2.24, 2.45) is 5.92 Å². The minimum atomic E-state index is -0.447. The molecule has 8 nitrogen and oxygen atoms in total. The highest BCUT2D eigenvalue weighted by Crippen LogP contribution is 2.19. The number of hydrogen-bond acceptors (Lipinski definition) is 5. The molecule has 0 radical (unpaired) electrons. The summed E-state index contributed by atoms with van der Waals surface area (Å²) in [6.45, 7) is 1.29. The molecule has 4 amide bonds. The Balaban J connectivity index is 1.45. The fourth-order valence-electron chi connectivity index (χ4n) is 2.91. The Morgan fingerprint density at radius 2 is 2.04 bits per heavy atom. The first-order chi connectivity index (χ1) is 12.5. The van der Waals surface area contributed by atoms with Crippen LogP contribution in [0.15, 0.2) is 18.3 Å². The number of piperidine rings is 1. The molecular weight excluding hydrogens is 358 g/mol. The second kappa shape index (κ2) is 8.46. The van der Waals surface area contributed by atoms with E-state index in [0.29, 0.717) is 17.4 Å². The molecule has 1 aliphatic heterocycles. The van der Waals surface area contributed by atoms with Gasteiger partial charge in [-0.3, -0.25) is 19.8 Å². The van der Waals surface area contributed by atoms with Gasteiger partial charge in [0.15, 0.2) is 0 Å². The van der Waals surface area contributed by atoms with Crippen molar-refractivity contribution < 1.29 is 14.4 Å². The Kier molecular flexibility index (Phi) is 6.05. The number of aromatic nitrogens is 1. The molecule has 9 heteroatoms. The van der Waals surface area contributed by atoms with Crippen molar-refractivity contribution in [3.8, 4) is 0 Å². The molecule has 1 atom stereocenters. The number of urea groups is 1. The van der Waals surface area contributed by atoms with E-state index >= 15 is 0 Å². The first-order valence-electron chi connectivity index (χ1n) is 8.75. The summed E-state index contributed by atoms with van der Waals surface area (Å²) in [4.78, 5) is 42.0. The number of carbonyl (C=O) groups excluding carboxylic acids is 3. The van der Waals surface area contributed by atoms with Gasteiger partial charge < -0.3 is 10.6 Å². The molecule has 2 aliphatic rings. The minimum Gasteiger partial charge on any atom is -0.335 e. The summed E-state index contributed by atoms with van der Waals surface area (Å²) in [7, 11) is 0. The quantitative estimate of drug-likeness (QED) is 0.717. The normalized spacial score (nSPS) is 20.3. The van der Waals surface area contributed by atoms with Gasteiger partial charge in [-0.05, 0) is 44.4 Å². The highest BCUT2D eigenvalue weighted by Gasteiger charge is 2.28. The van der Waals surface area contributed by atoms with Crippen LogP contribution in [0, 0.1) is 5.92 Å². The molecule has 1 aromatic rings. The van der Waals surface area contributed by atoms with Crippen LogP contribution in [0.5, 0.6) is 0 Å². The molecule has 2 fully saturated rings. The number of imide groups is 1. The third kappa shape index (κ3) is 5.67. The van der Waals surface area contributed by atoms with Gasteiger partial charge >= 0.3 is 6.03 Å². The Bertz CT molecular complexity index is 677. The molecular formula is C17H22ClN5O3. The first kappa shape index (κ1) is 18.6. The van der Waals surface area contributed by atoms with E-state index in [4.69, 9.17) is 11.6 Å². The maximum absolute atomic E-state index is 12.4. The van der Waals surface area contributed by atoms with Gasteiger partial charge in [0.25, 0.3) is 0 Å². The van der Waals surface area contributed by atoms with Gasteiger partial charge in [0, 0.05) is 18.8 Å². The molecule has 1 saturated heterocycles. The van der Waals surface area contributed by atoms with Gasteiger partial charge in [-0.15, -0.1) is 0 Å². The summed E-state index contributed by atoms with van der Waals surface area (Å²) in [6.07, 6.45) is 4.97. The van der Waals surface area contributed by atoms with Crippen molar-refractivity contribution in [2.45, 2.75) is 31.7 Å². The molecule has 1 saturated carbocycles. The number of nitrogens with zero attached hydrogens (tertiary/aromatic N) is 2. The number of halogens is 1. The van der Waals surface area contributed by atoms with Crippen molar-refractivity contribution in [3.05, 3.63) is 23.4 Å². The number of anilines is 1. The molecule has 2 heterocycles. The Hall–Kier alpha value is -2.19. The van der Waals surface area contributed by atoms with Gasteiger partial charge in [-0.1, -0.05) is 11.6 Å². The number of amides is 4. The van der Waals surface area contributed by atoms with Gasteiger partial charge in [0.05, 0.1) is 17.5 Å². The van der Waals surface area contributed by atoms with Crippen LogP contribution in [0.4, 0.5) is 10.6 Å². The average Bonchev–Trinajstić information content (AvgIpc) is 3.40. The number of likely N-dealkylation sites (tertiary alicyclic amines) is 1. The summed E-state index contributed by atoms with van der Waals surface area (Å²) in [5.41, 5.74) is 0. The number of hydrogen-bond donors (Lipinski definition) is 3. The molecule has 3 rings (SSSR count). The van der Waals surface area contributed by atoms with E-state index in [9.17, 15) is 14.4 Å². The molecule has 26 heavy (non-hydrogen) atoms. The van der Waals surface area contributed by atoms with Gasteiger partial charge in [0.2, 0.25) is 11.8 Å². The van der Waals surface area contributed by atoms with Crippen LogP contribution in [-0.2, 0) is 9.59 Å². The van der Waals surface area contributed by atoms with Crippen LogP contribution in [0.1, 0.15) is 25.7 Å². The van der Waals surface area contributed by atoms with E-state index < -0.39 is 6.03 Å². The zero-order valence-electron chi connectivity index (χ0n) is 14.3. The number of rotatable bonds is 5. The predicted octanol–water partition coefficient (Wildman–Crippen LogP) is 1.37. The predicted molar refractivity (Wildman–Crippen MR) is 96.7 cm³/mol. The lowest BCUT2D eigenvalue weighted by Crippen LogP contribution is -2.48. The summed E-state index contributed by atoms with van der Waals surface area (Å²) in [5.74, 6) is -0.264. The lowest BCUT2D eigenvalue weighted by atomic mass is 9.97. The molecule has 0 aromatic carbocycles. The second-order valence-electron chi connectivity index (χ2n) is 6.72. The molecule has 1 aliphatic carbocycles. The van der Waals surface area contributed by atoms with E-state index in [1.165, 1.54) is 6.20 Å². The zero-order chi connectivity index (χ0) is 18.5.